The third-order valence-corrected chi connectivity index (χ3v) is 3.42. The second-order valence-electron chi connectivity index (χ2n) is 4.80. The number of oxime groups is 1. The summed E-state index contributed by atoms with van der Waals surface area (Å²) < 4.78 is 0. The van der Waals surface area contributed by atoms with E-state index in [1.807, 2.05) is 26.0 Å². The van der Waals surface area contributed by atoms with Gasteiger partial charge in [0, 0.05) is 21.7 Å². The largest absolute Gasteiger partial charge is 0.399 e. The van der Waals surface area contributed by atoms with E-state index in [0.717, 1.165) is 16.7 Å². The Kier molecular flexibility index (Phi) is 4.76. The fourth-order valence-electron chi connectivity index (χ4n) is 2.20. The molecule has 0 aliphatic carbocycles. The highest BCUT2D eigenvalue weighted by molar-refractivity contribution is 6.30. The zero-order valence-corrected chi connectivity index (χ0v) is 12.9. The summed E-state index contributed by atoms with van der Waals surface area (Å²) >= 11 is 5.86. The highest BCUT2D eigenvalue weighted by atomic mass is 35.5. The van der Waals surface area contributed by atoms with Gasteiger partial charge in [-0.25, -0.2) is 0 Å². The molecule has 4 heteroatoms. The first-order valence-corrected chi connectivity index (χ1v) is 6.88. The Morgan fingerprint density at radius 1 is 1.19 bits per heavy atom. The summed E-state index contributed by atoms with van der Waals surface area (Å²) in [6.07, 6.45) is 1.57. The number of nitrogens with zero attached hydrogens (tertiary/aromatic N) is 1. The predicted molar refractivity (Wildman–Crippen MR) is 85.4 cm³/mol. The van der Waals surface area contributed by atoms with E-state index < -0.39 is 0 Å². The minimum Gasteiger partial charge on any atom is -0.399 e. The fourth-order valence-corrected chi connectivity index (χ4v) is 2.33. The smallest absolute Gasteiger partial charge is 0.193 e. The second-order valence-corrected chi connectivity index (χ2v) is 5.23. The summed E-state index contributed by atoms with van der Waals surface area (Å²) in [7, 11) is 1.47. The topological polar surface area (TPSA) is 38.7 Å². The predicted octanol–water partition coefficient (Wildman–Crippen LogP) is 4.17. The monoisotopic (exact) mass is 301 g/mol. The zero-order valence-electron chi connectivity index (χ0n) is 12.2. The van der Waals surface area contributed by atoms with E-state index in [0.29, 0.717) is 16.1 Å². The number of carbonyl (C=O) groups is 1. The van der Waals surface area contributed by atoms with Crippen LogP contribution in [0.3, 0.4) is 0 Å². The Hall–Kier alpha value is -2.13. The van der Waals surface area contributed by atoms with Crippen molar-refractivity contribution >= 4 is 23.6 Å². The molecule has 3 nitrogen and oxygen atoms in total. The Morgan fingerprint density at radius 2 is 1.86 bits per heavy atom. The van der Waals surface area contributed by atoms with E-state index in [9.17, 15) is 4.79 Å². The maximum atomic E-state index is 12.7. The van der Waals surface area contributed by atoms with Crippen LogP contribution in [-0.4, -0.2) is 19.1 Å². The highest BCUT2D eigenvalue weighted by Gasteiger charge is 2.15. The minimum absolute atomic E-state index is 0.0592. The first kappa shape index (κ1) is 15.3. The van der Waals surface area contributed by atoms with E-state index >= 15 is 0 Å². The van der Waals surface area contributed by atoms with Gasteiger partial charge in [-0.15, -0.1) is 0 Å². The van der Waals surface area contributed by atoms with Crippen LogP contribution in [-0.2, 0) is 4.84 Å². The van der Waals surface area contributed by atoms with Gasteiger partial charge < -0.3 is 4.84 Å². The lowest BCUT2D eigenvalue weighted by Gasteiger charge is -2.10. The van der Waals surface area contributed by atoms with Gasteiger partial charge in [0.2, 0.25) is 0 Å². The number of aryl methyl sites for hydroxylation is 2. The molecular formula is C17H16ClNO2. The summed E-state index contributed by atoms with van der Waals surface area (Å²) in [6, 6.07) is 10.7. The molecule has 0 unspecified atom stereocenters. The number of ketones is 1. The molecule has 0 aromatic heterocycles. The number of hydrogen-bond donors (Lipinski definition) is 0. The van der Waals surface area contributed by atoms with Crippen LogP contribution in [0.1, 0.15) is 32.6 Å². The van der Waals surface area contributed by atoms with Crippen molar-refractivity contribution in [3.05, 3.63) is 69.2 Å². The molecule has 0 radical (unpaired) electrons. The van der Waals surface area contributed by atoms with Gasteiger partial charge in [0.25, 0.3) is 0 Å². The SMILES string of the molecule is CO/N=C/c1c(C)cc(C)cc1C(=O)c1ccc(Cl)cc1. The molecule has 0 amide bonds. The fraction of sp³-hybridized carbons (Fsp3) is 0.176. The van der Waals surface area contributed by atoms with Crippen LogP contribution < -0.4 is 0 Å². The van der Waals surface area contributed by atoms with Crippen molar-refractivity contribution in [1.82, 2.24) is 0 Å². The van der Waals surface area contributed by atoms with E-state index in [2.05, 4.69) is 5.16 Å². The van der Waals surface area contributed by atoms with Crippen LogP contribution in [0.2, 0.25) is 5.02 Å². The third kappa shape index (κ3) is 3.50. The van der Waals surface area contributed by atoms with Crippen LogP contribution in [0.5, 0.6) is 0 Å². The molecule has 0 atom stereocenters. The van der Waals surface area contributed by atoms with Gasteiger partial charge in [-0.2, -0.15) is 0 Å². The zero-order chi connectivity index (χ0) is 15.4. The molecule has 0 spiro atoms. The molecule has 0 aliphatic rings. The normalized spacial score (nSPS) is 10.9. The molecule has 0 aliphatic heterocycles. The molecule has 2 aromatic carbocycles. The lowest BCUT2D eigenvalue weighted by Crippen LogP contribution is -2.07. The summed E-state index contributed by atoms with van der Waals surface area (Å²) in [4.78, 5) is 17.4. The molecule has 108 valence electrons. The molecule has 0 bridgehead atoms. The van der Waals surface area contributed by atoms with E-state index in [-0.39, 0.29) is 5.78 Å². The number of rotatable bonds is 4. The Bertz CT molecular complexity index is 691. The first-order chi connectivity index (χ1) is 10.0. The molecular weight excluding hydrogens is 286 g/mol. The van der Waals surface area contributed by atoms with Crippen molar-refractivity contribution in [1.29, 1.82) is 0 Å². The number of halogens is 1. The number of benzene rings is 2. The van der Waals surface area contributed by atoms with Crippen molar-refractivity contribution in [2.45, 2.75) is 13.8 Å². The van der Waals surface area contributed by atoms with Gasteiger partial charge in [0.15, 0.2) is 5.78 Å². The molecule has 2 rings (SSSR count). The Labute approximate surface area is 129 Å². The Morgan fingerprint density at radius 3 is 2.48 bits per heavy atom. The average Bonchev–Trinajstić information content (AvgIpc) is 2.46. The van der Waals surface area contributed by atoms with Crippen molar-refractivity contribution < 1.29 is 9.63 Å². The van der Waals surface area contributed by atoms with Gasteiger partial charge in [-0.3, -0.25) is 4.79 Å². The minimum atomic E-state index is -0.0592. The lowest BCUT2D eigenvalue weighted by molar-refractivity contribution is 0.103. The van der Waals surface area contributed by atoms with Gasteiger partial charge >= 0.3 is 0 Å². The molecule has 21 heavy (non-hydrogen) atoms. The second kappa shape index (κ2) is 6.55. The van der Waals surface area contributed by atoms with E-state index in [4.69, 9.17) is 16.4 Å². The molecule has 0 heterocycles. The summed E-state index contributed by atoms with van der Waals surface area (Å²) in [5.41, 5.74) is 3.97. The van der Waals surface area contributed by atoms with Crippen LogP contribution in [0.25, 0.3) is 0 Å². The average molecular weight is 302 g/mol. The van der Waals surface area contributed by atoms with Crippen LogP contribution >= 0.6 is 11.6 Å². The first-order valence-electron chi connectivity index (χ1n) is 6.51. The molecule has 0 saturated carbocycles. The van der Waals surface area contributed by atoms with Gasteiger partial charge in [0.05, 0.1) is 6.21 Å². The highest BCUT2D eigenvalue weighted by Crippen LogP contribution is 2.20. The summed E-state index contributed by atoms with van der Waals surface area (Å²) in [6.45, 7) is 3.91. The summed E-state index contributed by atoms with van der Waals surface area (Å²) in [5, 5.41) is 4.39. The standard InChI is InChI=1S/C17H16ClNO2/c1-11-8-12(2)16(10-19-21-3)15(9-11)17(20)13-4-6-14(18)7-5-13/h4-10H,1-3H3/b19-10+. The van der Waals surface area contributed by atoms with Crippen molar-refractivity contribution in [3.8, 4) is 0 Å². The number of hydrogen-bond acceptors (Lipinski definition) is 3. The maximum absolute atomic E-state index is 12.7. The van der Waals surface area contributed by atoms with Crippen molar-refractivity contribution in [2.75, 3.05) is 7.11 Å². The molecule has 0 fully saturated rings. The third-order valence-electron chi connectivity index (χ3n) is 3.17. The summed E-state index contributed by atoms with van der Waals surface area (Å²) in [5.74, 6) is -0.0592. The van der Waals surface area contributed by atoms with Gasteiger partial charge in [-0.1, -0.05) is 28.4 Å². The van der Waals surface area contributed by atoms with Crippen LogP contribution in [0.4, 0.5) is 0 Å². The van der Waals surface area contributed by atoms with Gasteiger partial charge in [0.1, 0.15) is 7.11 Å². The lowest BCUT2D eigenvalue weighted by atomic mass is 9.94. The number of carbonyl (C=O) groups excluding carboxylic acids is 1. The van der Waals surface area contributed by atoms with Gasteiger partial charge in [-0.05, 0) is 49.7 Å². The Balaban J connectivity index is 2.53. The molecule has 0 saturated heterocycles. The molecule has 0 N–H and O–H groups in total. The van der Waals surface area contributed by atoms with Crippen molar-refractivity contribution in [2.24, 2.45) is 5.16 Å². The molecule has 2 aromatic rings. The maximum Gasteiger partial charge on any atom is 0.193 e. The van der Waals surface area contributed by atoms with Crippen LogP contribution in [0, 0.1) is 13.8 Å². The van der Waals surface area contributed by atoms with E-state index in [1.54, 1.807) is 30.5 Å². The van der Waals surface area contributed by atoms with Crippen molar-refractivity contribution in [3.63, 3.8) is 0 Å². The van der Waals surface area contributed by atoms with E-state index in [1.165, 1.54) is 7.11 Å². The quantitative estimate of drug-likeness (QED) is 0.483. The van der Waals surface area contributed by atoms with Crippen LogP contribution in [0.15, 0.2) is 41.6 Å².